The van der Waals surface area contributed by atoms with E-state index in [1.165, 1.54) is 0 Å². The molecule has 2 N–H and O–H groups in total. The van der Waals surface area contributed by atoms with Gasteiger partial charge in [-0.25, -0.2) is 13.2 Å². The Kier molecular flexibility index (Phi) is 3.87. The zero-order valence-corrected chi connectivity index (χ0v) is 9.05. The maximum Gasteiger partial charge on any atom is 0.276 e. The Bertz CT molecular complexity index is 369. The standard InChI is InChI=1S/C9H8Cl2F3N/c10-6-4-7(11)8(12)3-5(6)9(13,14)1-2-15/h3-4H,1-2,15H2. The summed E-state index contributed by atoms with van der Waals surface area (Å²) in [5.41, 5.74) is 4.44. The maximum atomic E-state index is 13.4. The van der Waals surface area contributed by atoms with Crippen LogP contribution in [0.5, 0.6) is 0 Å². The summed E-state index contributed by atoms with van der Waals surface area (Å²) in [5.74, 6) is -4.16. The number of hydrogen-bond acceptors (Lipinski definition) is 1. The van der Waals surface area contributed by atoms with Gasteiger partial charge in [0.15, 0.2) is 0 Å². The Morgan fingerprint density at radius 3 is 2.33 bits per heavy atom. The number of benzene rings is 1. The van der Waals surface area contributed by atoms with E-state index >= 15 is 0 Å². The Morgan fingerprint density at radius 1 is 1.20 bits per heavy atom. The number of alkyl halides is 2. The minimum atomic E-state index is -3.24. The van der Waals surface area contributed by atoms with Crippen molar-refractivity contribution in [3.8, 4) is 0 Å². The van der Waals surface area contributed by atoms with E-state index in [1.54, 1.807) is 0 Å². The summed E-state index contributed by atoms with van der Waals surface area (Å²) in [6.07, 6.45) is -0.589. The lowest BCUT2D eigenvalue weighted by Gasteiger charge is -2.17. The summed E-state index contributed by atoms with van der Waals surface area (Å²) in [6, 6.07) is 1.60. The van der Waals surface area contributed by atoms with Crippen LogP contribution < -0.4 is 5.73 Å². The molecule has 0 unspecified atom stereocenters. The lowest BCUT2D eigenvalue weighted by atomic mass is 10.1. The third-order valence-corrected chi connectivity index (χ3v) is 2.46. The van der Waals surface area contributed by atoms with Crippen LogP contribution in [0.15, 0.2) is 12.1 Å². The van der Waals surface area contributed by atoms with E-state index in [9.17, 15) is 13.2 Å². The summed E-state index contributed by atoms with van der Waals surface area (Å²) in [4.78, 5) is 0. The second-order valence-electron chi connectivity index (χ2n) is 2.99. The van der Waals surface area contributed by atoms with Crippen LogP contribution >= 0.6 is 23.2 Å². The summed E-state index contributed by atoms with van der Waals surface area (Å²) in [7, 11) is 0. The van der Waals surface area contributed by atoms with E-state index in [1.807, 2.05) is 0 Å². The van der Waals surface area contributed by atoms with Crippen LogP contribution in [0.4, 0.5) is 13.2 Å². The molecule has 0 aliphatic rings. The monoisotopic (exact) mass is 257 g/mol. The smallest absolute Gasteiger partial charge is 0.276 e. The molecule has 0 fully saturated rings. The Morgan fingerprint density at radius 2 is 1.80 bits per heavy atom. The van der Waals surface area contributed by atoms with Crippen molar-refractivity contribution < 1.29 is 13.2 Å². The molecular formula is C9H8Cl2F3N. The average Bonchev–Trinajstić information content (AvgIpc) is 2.11. The van der Waals surface area contributed by atoms with Gasteiger partial charge >= 0.3 is 0 Å². The fraction of sp³-hybridized carbons (Fsp3) is 0.333. The average molecular weight is 258 g/mol. The molecule has 0 atom stereocenters. The molecule has 0 heterocycles. The van der Waals surface area contributed by atoms with Crippen molar-refractivity contribution in [2.75, 3.05) is 6.54 Å². The van der Waals surface area contributed by atoms with Crippen molar-refractivity contribution in [2.45, 2.75) is 12.3 Å². The van der Waals surface area contributed by atoms with Gasteiger partial charge in [-0.2, -0.15) is 0 Å². The molecule has 1 rings (SSSR count). The lowest BCUT2D eigenvalue weighted by Crippen LogP contribution is -2.19. The van der Waals surface area contributed by atoms with Gasteiger partial charge in [0.05, 0.1) is 10.0 Å². The Labute approximate surface area is 95.0 Å². The normalized spacial score (nSPS) is 11.9. The summed E-state index contributed by atoms with van der Waals surface area (Å²) in [5, 5.41) is -0.549. The van der Waals surface area contributed by atoms with E-state index in [-0.39, 0.29) is 16.6 Å². The van der Waals surface area contributed by atoms with E-state index < -0.39 is 23.7 Å². The van der Waals surface area contributed by atoms with Crippen molar-refractivity contribution in [3.05, 3.63) is 33.6 Å². The Balaban J connectivity index is 3.19. The van der Waals surface area contributed by atoms with E-state index in [4.69, 9.17) is 28.9 Å². The molecule has 1 nitrogen and oxygen atoms in total. The molecule has 6 heteroatoms. The molecule has 1 aromatic rings. The molecular weight excluding hydrogens is 250 g/mol. The van der Waals surface area contributed by atoms with Crippen LogP contribution in [-0.4, -0.2) is 6.54 Å². The topological polar surface area (TPSA) is 26.0 Å². The molecule has 0 aliphatic heterocycles. The molecule has 0 amide bonds. The van der Waals surface area contributed by atoms with Gasteiger partial charge in [0.1, 0.15) is 5.82 Å². The van der Waals surface area contributed by atoms with Crippen molar-refractivity contribution >= 4 is 23.2 Å². The van der Waals surface area contributed by atoms with Crippen molar-refractivity contribution in [1.82, 2.24) is 0 Å². The lowest BCUT2D eigenvalue weighted by molar-refractivity contribution is -0.0108. The van der Waals surface area contributed by atoms with Gasteiger partial charge in [-0.1, -0.05) is 23.2 Å². The fourth-order valence-electron chi connectivity index (χ4n) is 1.12. The van der Waals surface area contributed by atoms with Crippen molar-refractivity contribution in [2.24, 2.45) is 5.73 Å². The first kappa shape index (κ1) is 12.6. The summed E-state index contributed by atoms with van der Waals surface area (Å²) in [6.45, 7) is -0.215. The van der Waals surface area contributed by atoms with Crippen molar-refractivity contribution in [3.63, 3.8) is 0 Å². The number of nitrogens with two attached hydrogens (primary N) is 1. The largest absolute Gasteiger partial charge is 0.330 e. The molecule has 0 aliphatic carbocycles. The first-order valence-corrected chi connectivity index (χ1v) is 4.87. The number of hydrogen-bond donors (Lipinski definition) is 1. The van der Waals surface area contributed by atoms with Gasteiger partial charge in [-0.05, 0) is 18.7 Å². The quantitative estimate of drug-likeness (QED) is 0.824. The van der Waals surface area contributed by atoms with Crippen LogP contribution in [0, 0.1) is 5.82 Å². The van der Waals surface area contributed by atoms with Gasteiger partial charge < -0.3 is 5.73 Å². The molecule has 84 valence electrons. The number of rotatable bonds is 3. The van der Waals surface area contributed by atoms with Crippen LogP contribution in [0.3, 0.4) is 0 Å². The molecule has 0 aromatic heterocycles. The van der Waals surface area contributed by atoms with Crippen LogP contribution in [0.2, 0.25) is 10.0 Å². The molecule has 0 bridgehead atoms. The fourth-order valence-corrected chi connectivity index (χ4v) is 1.64. The van der Waals surface area contributed by atoms with Crippen LogP contribution in [0.25, 0.3) is 0 Å². The van der Waals surface area contributed by atoms with Gasteiger partial charge in [-0.15, -0.1) is 0 Å². The third-order valence-electron chi connectivity index (χ3n) is 1.86. The van der Waals surface area contributed by atoms with E-state index in [0.717, 1.165) is 6.07 Å². The molecule has 15 heavy (non-hydrogen) atoms. The molecule has 0 spiro atoms. The zero-order valence-electron chi connectivity index (χ0n) is 7.54. The third kappa shape index (κ3) is 2.77. The zero-order chi connectivity index (χ0) is 11.6. The maximum absolute atomic E-state index is 13.4. The van der Waals surface area contributed by atoms with Crippen LogP contribution in [-0.2, 0) is 5.92 Å². The highest BCUT2D eigenvalue weighted by atomic mass is 35.5. The highest BCUT2D eigenvalue weighted by Gasteiger charge is 2.33. The predicted octanol–water partition coefficient (Wildman–Crippen LogP) is 3.57. The Hall–Kier alpha value is -0.450. The second-order valence-corrected chi connectivity index (χ2v) is 3.80. The first-order chi connectivity index (χ1) is 6.88. The molecule has 1 aromatic carbocycles. The first-order valence-electron chi connectivity index (χ1n) is 4.11. The van der Waals surface area contributed by atoms with Gasteiger partial charge in [0, 0.05) is 12.0 Å². The predicted molar refractivity (Wildman–Crippen MR) is 54.0 cm³/mol. The second kappa shape index (κ2) is 4.60. The highest BCUT2D eigenvalue weighted by molar-refractivity contribution is 6.35. The van der Waals surface area contributed by atoms with E-state index in [0.29, 0.717) is 6.07 Å². The van der Waals surface area contributed by atoms with Crippen molar-refractivity contribution in [1.29, 1.82) is 0 Å². The number of halogens is 5. The molecule has 0 radical (unpaired) electrons. The van der Waals surface area contributed by atoms with Gasteiger partial charge in [0.25, 0.3) is 5.92 Å². The minimum absolute atomic E-state index is 0.215. The minimum Gasteiger partial charge on any atom is -0.330 e. The van der Waals surface area contributed by atoms with Gasteiger partial charge in [0.2, 0.25) is 0 Å². The van der Waals surface area contributed by atoms with Gasteiger partial charge in [-0.3, -0.25) is 0 Å². The molecule has 0 saturated heterocycles. The highest BCUT2D eigenvalue weighted by Crippen LogP contribution is 2.37. The van der Waals surface area contributed by atoms with E-state index in [2.05, 4.69) is 0 Å². The summed E-state index contributed by atoms with van der Waals surface area (Å²) >= 11 is 10.9. The molecule has 0 saturated carbocycles. The van der Waals surface area contributed by atoms with Crippen LogP contribution in [0.1, 0.15) is 12.0 Å². The summed E-state index contributed by atoms with van der Waals surface area (Å²) < 4.78 is 39.7. The SMILES string of the molecule is NCCC(F)(F)c1cc(F)c(Cl)cc1Cl.